The minimum Gasteiger partial charge on any atom is -0.390 e. The fourth-order valence-corrected chi connectivity index (χ4v) is 3.10. The van der Waals surface area contributed by atoms with Gasteiger partial charge < -0.3 is 5.11 Å². The average molecular weight is 236 g/mol. The SMILES string of the molecule is OCc1nnn2c1CN(C1CCCCC1)CC2. The van der Waals surface area contributed by atoms with Crippen LogP contribution in [-0.4, -0.2) is 37.6 Å². The normalized spacial score (nSPS) is 22.6. The first-order valence-corrected chi connectivity index (χ1v) is 6.64. The molecule has 1 N–H and O–H groups in total. The Morgan fingerprint density at radius 2 is 2.00 bits per heavy atom. The van der Waals surface area contributed by atoms with Crippen molar-refractivity contribution in [2.24, 2.45) is 0 Å². The minimum atomic E-state index is 0.00778. The molecule has 1 aromatic heterocycles. The Morgan fingerprint density at radius 3 is 2.76 bits per heavy atom. The quantitative estimate of drug-likeness (QED) is 0.829. The molecule has 94 valence electrons. The molecule has 0 atom stereocenters. The van der Waals surface area contributed by atoms with E-state index < -0.39 is 0 Å². The molecule has 1 aliphatic heterocycles. The first-order chi connectivity index (χ1) is 8.38. The van der Waals surface area contributed by atoms with Gasteiger partial charge >= 0.3 is 0 Å². The van der Waals surface area contributed by atoms with E-state index >= 15 is 0 Å². The Balaban J connectivity index is 1.74. The molecule has 0 bridgehead atoms. The van der Waals surface area contributed by atoms with Gasteiger partial charge in [0, 0.05) is 19.1 Å². The molecule has 3 rings (SSSR count). The number of hydrogen-bond acceptors (Lipinski definition) is 4. The number of aliphatic hydroxyl groups is 1. The van der Waals surface area contributed by atoms with Crippen LogP contribution in [0.2, 0.25) is 0 Å². The minimum absolute atomic E-state index is 0.00778. The van der Waals surface area contributed by atoms with Crippen molar-refractivity contribution >= 4 is 0 Å². The van der Waals surface area contributed by atoms with Crippen molar-refractivity contribution in [3.05, 3.63) is 11.4 Å². The van der Waals surface area contributed by atoms with Crippen LogP contribution in [0.3, 0.4) is 0 Å². The van der Waals surface area contributed by atoms with Crippen molar-refractivity contribution in [3.8, 4) is 0 Å². The van der Waals surface area contributed by atoms with Gasteiger partial charge in [0.25, 0.3) is 0 Å². The van der Waals surface area contributed by atoms with E-state index in [-0.39, 0.29) is 6.61 Å². The Labute approximate surface area is 101 Å². The van der Waals surface area contributed by atoms with Gasteiger partial charge in [-0.25, -0.2) is 4.68 Å². The fourth-order valence-electron chi connectivity index (χ4n) is 3.10. The summed E-state index contributed by atoms with van der Waals surface area (Å²) in [5, 5.41) is 17.4. The second-order valence-corrected chi connectivity index (χ2v) is 5.13. The van der Waals surface area contributed by atoms with Crippen LogP contribution in [-0.2, 0) is 19.7 Å². The third kappa shape index (κ3) is 2.09. The lowest BCUT2D eigenvalue weighted by Crippen LogP contribution is -2.42. The van der Waals surface area contributed by atoms with Crippen molar-refractivity contribution in [2.75, 3.05) is 6.54 Å². The highest BCUT2D eigenvalue weighted by Gasteiger charge is 2.27. The third-order valence-electron chi connectivity index (χ3n) is 4.11. The van der Waals surface area contributed by atoms with E-state index in [2.05, 4.69) is 15.2 Å². The molecule has 0 spiro atoms. The molecular weight excluding hydrogens is 216 g/mol. The van der Waals surface area contributed by atoms with E-state index in [1.807, 2.05) is 4.68 Å². The topological polar surface area (TPSA) is 54.2 Å². The molecule has 1 aliphatic carbocycles. The van der Waals surface area contributed by atoms with Crippen LogP contribution in [0.4, 0.5) is 0 Å². The smallest absolute Gasteiger partial charge is 0.113 e. The molecule has 1 saturated carbocycles. The van der Waals surface area contributed by atoms with Gasteiger partial charge in [-0.2, -0.15) is 0 Å². The first-order valence-electron chi connectivity index (χ1n) is 6.64. The maximum absolute atomic E-state index is 9.24. The van der Waals surface area contributed by atoms with Crippen LogP contribution in [0.25, 0.3) is 0 Å². The van der Waals surface area contributed by atoms with Crippen molar-refractivity contribution in [2.45, 2.75) is 57.8 Å². The van der Waals surface area contributed by atoms with Gasteiger partial charge in [-0.05, 0) is 12.8 Å². The van der Waals surface area contributed by atoms with E-state index in [9.17, 15) is 5.11 Å². The molecule has 1 fully saturated rings. The average Bonchev–Trinajstić information content (AvgIpc) is 2.81. The lowest BCUT2D eigenvalue weighted by atomic mass is 9.93. The summed E-state index contributed by atoms with van der Waals surface area (Å²) >= 11 is 0. The van der Waals surface area contributed by atoms with Gasteiger partial charge in [-0.3, -0.25) is 4.90 Å². The molecule has 0 amide bonds. The number of fused-ring (bicyclic) bond motifs is 1. The summed E-state index contributed by atoms with van der Waals surface area (Å²) in [6, 6.07) is 0.735. The molecule has 2 heterocycles. The number of nitrogens with zero attached hydrogens (tertiary/aromatic N) is 4. The Kier molecular flexibility index (Phi) is 3.11. The maximum Gasteiger partial charge on any atom is 0.113 e. The second-order valence-electron chi connectivity index (χ2n) is 5.13. The molecule has 17 heavy (non-hydrogen) atoms. The molecule has 1 aromatic rings. The molecule has 2 aliphatic rings. The van der Waals surface area contributed by atoms with Crippen molar-refractivity contribution in [1.29, 1.82) is 0 Å². The van der Waals surface area contributed by atoms with Gasteiger partial charge in [-0.15, -0.1) is 5.10 Å². The largest absolute Gasteiger partial charge is 0.390 e. The van der Waals surface area contributed by atoms with Crippen molar-refractivity contribution < 1.29 is 5.11 Å². The van der Waals surface area contributed by atoms with E-state index in [0.29, 0.717) is 0 Å². The van der Waals surface area contributed by atoms with Gasteiger partial charge in [0.05, 0.1) is 18.8 Å². The van der Waals surface area contributed by atoms with E-state index in [1.54, 1.807) is 0 Å². The lowest BCUT2D eigenvalue weighted by Gasteiger charge is -2.36. The van der Waals surface area contributed by atoms with Crippen LogP contribution in [0.15, 0.2) is 0 Å². The molecule has 0 unspecified atom stereocenters. The van der Waals surface area contributed by atoms with Crippen molar-refractivity contribution in [3.63, 3.8) is 0 Å². The van der Waals surface area contributed by atoms with Gasteiger partial charge in [0.15, 0.2) is 0 Å². The van der Waals surface area contributed by atoms with Crippen LogP contribution < -0.4 is 0 Å². The molecule has 5 nitrogen and oxygen atoms in total. The lowest BCUT2D eigenvalue weighted by molar-refractivity contribution is 0.118. The Bertz CT molecular complexity index is 370. The molecule has 0 radical (unpaired) electrons. The summed E-state index contributed by atoms with van der Waals surface area (Å²) in [5.74, 6) is 0. The summed E-state index contributed by atoms with van der Waals surface area (Å²) < 4.78 is 1.95. The molecule has 0 saturated heterocycles. The zero-order chi connectivity index (χ0) is 11.7. The standard InChI is InChI=1S/C12H20N4O/c17-9-11-12-8-15(6-7-16(12)14-13-11)10-4-2-1-3-5-10/h10,17H,1-9H2. The first kappa shape index (κ1) is 11.2. The van der Waals surface area contributed by atoms with Crippen LogP contribution >= 0.6 is 0 Å². The monoisotopic (exact) mass is 236 g/mol. The highest BCUT2D eigenvalue weighted by atomic mass is 16.3. The fraction of sp³-hybridized carbons (Fsp3) is 0.833. The highest BCUT2D eigenvalue weighted by Crippen LogP contribution is 2.26. The molecule has 0 aromatic carbocycles. The maximum atomic E-state index is 9.24. The van der Waals surface area contributed by atoms with Crippen LogP contribution in [0.5, 0.6) is 0 Å². The number of hydrogen-bond donors (Lipinski definition) is 1. The summed E-state index contributed by atoms with van der Waals surface area (Å²) in [7, 11) is 0. The summed E-state index contributed by atoms with van der Waals surface area (Å²) in [6.45, 7) is 2.91. The summed E-state index contributed by atoms with van der Waals surface area (Å²) in [4.78, 5) is 2.55. The van der Waals surface area contributed by atoms with E-state index in [0.717, 1.165) is 37.1 Å². The predicted octanol–water partition coefficient (Wildman–Crippen LogP) is 0.919. The predicted molar refractivity (Wildman–Crippen MR) is 63.2 cm³/mol. The van der Waals surface area contributed by atoms with Crippen LogP contribution in [0, 0.1) is 0 Å². The number of aromatic nitrogens is 3. The van der Waals surface area contributed by atoms with Gasteiger partial charge in [0.1, 0.15) is 5.69 Å². The third-order valence-corrected chi connectivity index (χ3v) is 4.11. The van der Waals surface area contributed by atoms with Gasteiger partial charge in [0.2, 0.25) is 0 Å². The number of rotatable bonds is 2. The highest BCUT2D eigenvalue weighted by molar-refractivity contribution is 5.11. The molecule has 5 heteroatoms. The van der Waals surface area contributed by atoms with Crippen molar-refractivity contribution in [1.82, 2.24) is 19.9 Å². The zero-order valence-corrected chi connectivity index (χ0v) is 10.2. The van der Waals surface area contributed by atoms with E-state index in [4.69, 9.17) is 0 Å². The van der Waals surface area contributed by atoms with Gasteiger partial charge in [-0.1, -0.05) is 24.5 Å². The Hall–Kier alpha value is -0.940. The zero-order valence-electron chi connectivity index (χ0n) is 10.2. The second kappa shape index (κ2) is 4.74. The summed E-state index contributed by atoms with van der Waals surface area (Å²) in [5.41, 5.74) is 1.87. The molecular formula is C12H20N4O. The number of aliphatic hydroxyl groups excluding tert-OH is 1. The Morgan fingerprint density at radius 1 is 1.18 bits per heavy atom. The van der Waals surface area contributed by atoms with E-state index in [1.165, 1.54) is 32.1 Å². The summed E-state index contributed by atoms with van der Waals surface area (Å²) in [6.07, 6.45) is 6.79. The van der Waals surface area contributed by atoms with Crippen LogP contribution in [0.1, 0.15) is 43.5 Å².